The van der Waals surface area contributed by atoms with E-state index in [-0.39, 0.29) is 6.61 Å². The van der Waals surface area contributed by atoms with Gasteiger partial charge in [-0.15, -0.1) is 0 Å². The Balaban J connectivity index is 1.71. The molecule has 2 heterocycles. The van der Waals surface area contributed by atoms with Crippen LogP contribution in [0.4, 0.5) is 5.82 Å². The van der Waals surface area contributed by atoms with E-state index in [0.717, 1.165) is 44.7 Å². The number of anilines is 1. The number of piperidine rings is 1. The molecule has 0 unspecified atom stereocenters. The number of likely N-dealkylation sites (tertiary alicyclic amines) is 1. The zero-order valence-electron chi connectivity index (χ0n) is 11.2. The highest BCUT2D eigenvalue weighted by Gasteiger charge is 2.20. The van der Waals surface area contributed by atoms with E-state index >= 15 is 0 Å². The molecule has 19 heavy (non-hydrogen) atoms. The van der Waals surface area contributed by atoms with Gasteiger partial charge in [0.05, 0.1) is 12.6 Å². The molecule has 1 aliphatic rings. The Morgan fingerprint density at radius 1 is 1.42 bits per heavy atom. The molecule has 0 radical (unpaired) electrons. The molecule has 0 saturated carbocycles. The van der Waals surface area contributed by atoms with Crippen molar-refractivity contribution in [2.75, 3.05) is 32.0 Å². The molecule has 0 bridgehead atoms. The minimum absolute atomic E-state index is 0.200. The first kappa shape index (κ1) is 14.2. The van der Waals surface area contributed by atoms with Gasteiger partial charge < -0.3 is 15.6 Å². The van der Waals surface area contributed by atoms with Crippen LogP contribution in [0.1, 0.15) is 25.1 Å². The number of nitrogen functional groups attached to an aromatic ring is 1. The molecule has 0 aromatic carbocycles. The Morgan fingerprint density at radius 2 is 2.21 bits per heavy atom. The average molecular weight is 266 g/mol. The number of ether oxygens (including phenoxy) is 1. The number of rotatable bonds is 6. The molecule has 1 saturated heterocycles. The van der Waals surface area contributed by atoms with Gasteiger partial charge in [0.15, 0.2) is 0 Å². The zero-order valence-corrected chi connectivity index (χ0v) is 11.2. The topological polar surface area (TPSA) is 84.5 Å². The Kier molecular flexibility index (Phi) is 5.50. The first-order valence-electron chi connectivity index (χ1n) is 6.80. The molecule has 1 fully saturated rings. The summed E-state index contributed by atoms with van der Waals surface area (Å²) in [6.07, 6.45) is 4.78. The molecule has 0 atom stereocenters. The minimum atomic E-state index is 0.200. The Morgan fingerprint density at radius 3 is 2.89 bits per heavy atom. The van der Waals surface area contributed by atoms with Crippen molar-refractivity contribution < 1.29 is 9.84 Å². The molecule has 0 spiro atoms. The summed E-state index contributed by atoms with van der Waals surface area (Å²) in [6, 6.07) is 1.70. The SMILES string of the molecule is Nc1ccnc(CN2CCC(OCCCO)CC2)n1. The predicted molar refractivity (Wildman–Crippen MR) is 72.4 cm³/mol. The summed E-state index contributed by atoms with van der Waals surface area (Å²) in [5.74, 6) is 1.30. The summed E-state index contributed by atoms with van der Waals surface area (Å²) in [5.41, 5.74) is 5.64. The molecule has 6 heteroatoms. The van der Waals surface area contributed by atoms with Crippen LogP contribution >= 0.6 is 0 Å². The van der Waals surface area contributed by atoms with Gasteiger partial charge in [0.1, 0.15) is 11.6 Å². The van der Waals surface area contributed by atoms with Crippen LogP contribution in [0.15, 0.2) is 12.3 Å². The van der Waals surface area contributed by atoms with E-state index < -0.39 is 0 Å². The molecule has 106 valence electrons. The molecule has 2 rings (SSSR count). The van der Waals surface area contributed by atoms with Crippen molar-refractivity contribution in [2.45, 2.75) is 31.9 Å². The summed E-state index contributed by atoms with van der Waals surface area (Å²) in [4.78, 5) is 10.8. The molecule has 0 aliphatic carbocycles. The van der Waals surface area contributed by atoms with E-state index in [1.807, 2.05) is 0 Å². The van der Waals surface area contributed by atoms with Gasteiger partial charge in [-0.05, 0) is 25.3 Å². The second-order valence-corrected chi connectivity index (χ2v) is 4.82. The molecule has 6 nitrogen and oxygen atoms in total. The number of aliphatic hydroxyl groups excluding tert-OH is 1. The lowest BCUT2D eigenvalue weighted by Crippen LogP contribution is -2.37. The largest absolute Gasteiger partial charge is 0.396 e. The van der Waals surface area contributed by atoms with E-state index in [2.05, 4.69) is 14.9 Å². The first-order chi connectivity index (χ1) is 9.28. The highest BCUT2D eigenvalue weighted by atomic mass is 16.5. The average Bonchev–Trinajstić information content (AvgIpc) is 2.41. The predicted octanol–water partition coefficient (Wildman–Crippen LogP) is 0.422. The van der Waals surface area contributed by atoms with Gasteiger partial charge in [0.2, 0.25) is 0 Å². The zero-order chi connectivity index (χ0) is 13.5. The van der Waals surface area contributed by atoms with Gasteiger partial charge in [-0.1, -0.05) is 0 Å². The quantitative estimate of drug-likeness (QED) is 0.726. The highest BCUT2D eigenvalue weighted by Crippen LogP contribution is 2.15. The standard InChI is InChI=1S/C13H22N4O2/c14-12-2-5-15-13(16-12)10-17-6-3-11(4-7-17)19-9-1-8-18/h2,5,11,18H,1,3-4,6-10H2,(H2,14,15,16). The van der Waals surface area contributed by atoms with Crippen molar-refractivity contribution >= 4 is 5.82 Å². The fourth-order valence-electron chi connectivity index (χ4n) is 2.24. The van der Waals surface area contributed by atoms with Crippen LogP contribution in [0.3, 0.4) is 0 Å². The molecular weight excluding hydrogens is 244 g/mol. The summed E-state index contributed by atoms with van der Waals surface area (Å²) in [6.45, 7) is 3.57. The van der Waals surface area contributed by atoms with Crippen molar-refractivity contribution in [2.24, 2.45) is 0 Å². The lowest BCUT2D eigenvalue weighted by Gasteiger charge is -2.31. The van der Waals surface area contributed by atoms with Gasteiger partial charge in [0.25, 0.3) is 0 Å². The monoisotopic (exact) mass is 266 g/mol. The van der Waals surface area contributed by atoms with Crippen LogP contribution in [0.2, 0.25) is 0 Å². The van der Waals surface area contributed by atoms with Crippen molar-refractivity contribution in [3.63, 3.8) is 0 Å². The van der Waals surface area contributed by atoms with Crippen LogP contribution in [0.25, 0.3) is 0 Å². The molecule has 1 aliphatic heterocycles. The molecule has 1 aromatic heterocycles. The second kappa shape index (κ2) is 7.37. The maximum Gasteiger partial charge on any atom is 0.144 e. The lowest BCUT2D eigenvalue weighted by molar-refractivity contribution is 0.000351. The van der Waals surface area contributed by atoms with Crippen LogP contribution in [-0.2, 0) is 11.3 Å². The van der Waals surface area contributed by atoms with Gasteiger partial charge >= 0.3 is 0 Å². The maximum absolute atomic E-state index is 8.71. The molecular formula is C13H22N4O2. The van der Waals surface area contributed by atoms with Crippen LogP contribution in [0.5, 0.6) is 0 Å². The van der Waals surface area contributed by atoms with Crippen molar-refractivity contribution in [3.8, 4) is 0 Å². The summed E-state index contributed by atoms with van der Waals surface area (Å²) in [7, 11) is 0. The van der Waals surface area contributed by atoms with E-state index in [1.54, 1.807) is 12.3 Å². The fourth-order valence-corrected chi connectivity index (χ4v) is 2.24. The third-order valence-electron chi connectivity index (χ3n) is 3.28. The smallest absolute Gasteiger partial charge is 0.144 e. The number of aliphatic hydroxyl groups is 1. The van der Waals surface area contributed by atoms with E-state index in [1.165, 1.54) is 0 Å². The Bertz CT molecular complexity index is 381. The van der Waals surface area contributed by atoms with Crippen LogP contribution in [-0.4, -0.2) is 52.4 Å². The third-order valence-corrected chi connectivity index (χ3v) is 3.28. The van der Waals surface area contributed by atoms with Gasteiger partial charge in [-0.3, -0.25) is 4.90 Å². The van der Waals surface area contributed by atoms with Crippen LogP contribution in [0, 0.1) is 0 Å². The number of nitrogens with two attached hydrogens (primary N) is 1. The number of nitrogens with zero attached hydrogens (tertiary/aromatic N) is 3. The third kappa shape index (κ3) is 4.74. The fraction of sp³-hybridized carbons (Fsp3) is 0.692. The van der Waals surface area contributed by atoms with Gasteiger partial charge in [-0.2, -0.15) is 0 Å². The van der Waals surface area contributed by atoms with Crippen molar-refractivity contribution in [1.29, 1.82) is 0 Å². The van der Waals surface area contributed by atoms with Crippen molar-refractivity contribution in [3.05, 3.63) is 18.1 Å². The van der Waals surface area contributed by atoms with E-state index in [4.69, 9.17) is 15.6 Å². The second-order valence-electron chi connectivity index (χ2n) is 4.82. The highest BCUT2D eigenvalue weighted by molar-refractivity contribution is 5.24. The van der Waals surface area contributed by atoms with Gasteiger partial charge in [-0.25, -0.2) is 9.97 Å². The summed E-state index contributed by atoms with van der Waals surface area (Å²) >= 11 is 0. The maximum atomic E-state index is 8.71. The van der Waals surface area contributed by atoms with Crippen molar-refractivity contribution in [1.82, 2.24) is 14.9 Å². The van der Waals surface area contributed by atoms with Gasteiger partial charge in [0, 0.05) is 32.5 Å². The molecule has 3 N–H and O–H groups in total. The number of aromatic nitrogens is 2. The van der Waals surface area contributed by atoms with E-state index in [9.17, 15) is 0 Å². The molecule has 1 aromatic rings. The number of hydrogen-bond acceptors (Lipinski definition) is 6. The van der Waals surface area contributed by atoms with E-state index in [0.29, 0.717) is 18.5 Å². The summed E-state index contributed by atoms with van der Waals surface area (Å²) in [5, 5.41) is 8.71. The Hall–Kier alpha value is -1.24. The normalized spacial score (nSPS) is 17.7. The number of hydrogen-bond donors (Lipinski definition) is 2. The molecule has 0 amide bonds. The lowest BCUT2D eigenvalue weighted by atomic mass is 10.1. The summed E-state index contributed by atoms with van der Waals surface area (Å²) < 4.78 is 5.70. The minimum Gasteiger partial charge on any atom is -0.396 e. The van der Waals surface area contributed by atoms with Crippen LogP contribution < -0.4 is 5.73 Å². The first-order valence-corrected chi connectivity index (χ1v) is 6.80. The Labute approximate surface area is 113 Å².